The molecule has 1 saturated carbocycles. The molecule has 1 rings (SSSR count). The van der Waals surface area contributed by atoms with Crippen LogP contribution in [-0.4, -0.2) is 11.6 Å². The molecule has 0 aromatic rings. The lowest BCUT2D eigenvalue weighted by Crippen LogP contribution is -2.27. The van der Waals surface area contributed by atoms with Gasteiger partial charge in [0, 0.05) is 19.3 Å². The van der Waals surface area contributed by atoms with Crippen molar-refractivity contribution in [1.82, 2.24) is 0 Å². The van der Waals surface area contributed by atoms with Crippen LogP contribution in [0.4, 0.5) is 0 Å². The topological polar surface area (TPSA) is 34.1 Å². The Labute approximate surface area is 125 Å². The fourth-order valence-electron chi connectivity index (χ4n) is 3.46. The van der Waals surface area contributed by atoms with Crippen LogP contribution in [0.2, 0.25) is 0 Å². The van der Waals surface area contributed by atoms with Gasteiger partial charge in [-0.2, -0.15) is 0 Å². The van der Waals surface area contributed by atoms with Gasteiger partial charge in [-0.25, -0.2) is 0 Å². The van der Waals surface area contributed by atoms with E-state index in [9.17, 15) is 9.59 Å². The number of carbonyl (C=O) groups excluding carboxylic acids is 2. The zero-order valence-electron chi connectivity index (χ0n) is 14.6. The molecular formula is C18H34O2. The van der Waals surface area contributed by atoms with E-state index in [1.165, 1.54) is 12.8 Å². The summed E-state index contributed by atoms with van der Waals surface area (Å²) in [4.78, 5) is 21.7. The lowest BCUT2D eigenvalue weighted by atomic mass is 9.72. The van der Waals surface area contributed by atoms with Crippen LogP contribution >= 0.6 is 0 Å². The first-order chi connectivity index (χ1) is 9.01. The molecule has 2 atom stereocenters. The minimum atomic E-state index is 0.273. The fourth-order valence-corrected chi connectivity index (χ4v) is 3.46. The summed E-state index contributed by atoms with van der Waals surface area (Å²) in [6.45, 7) is 14.7. The number of Topliss-reactive ketones (excluding diaryl/α,β-unsaturated/α-hetero) is 2. The van der Waals surface area contributed by atoms with E-state index in [0.29, 0.717) is 29.3 Å². The van der Waals surface area contributed by atoms with Crippen LogP contribution in [0.1, 0.15) is 80.6 Å². The highest BCUT2D eigenvalue weighted by Crippen LogP contribution is 2.36. The maximum atomic E-state index is 11.1. The maximum absolute atomic E-state index is 11.1. The highest BCUT2D eigenvalue weighted by molar-refractivity contribution is 5.80. The van der Waals surface area contributed by atoms with Crippen molar-refractivity contribution < 1.29 is 9.59 Å². The third-order valence-electron chi connectivity index (χ3n) is 3.66. The Hall–Kier alpha value is -0.660. The van der Waals surface area contributed by atoms with E-state index in [-0.39, 0.29) is 5.41 Å². The predicted molar refractivity (Wildman–Crippen MR) is 85.7 cm³/mol. The van der Waals surface area contributed by atoms with Gasteiger partial charge in [-0.1, -0.05) is 41.5 Å². The van der Waals surface area contributed by atoms with Crippen LogP contribution in [-0.2, 0) is 9.59 Å². The molecular weight excluding hydrogens is 248 g/mol. The van der Waals surface area contributed by atoms with Gasteiger partial charge in [0.15, 0.2) is 0 Å². The molecule has 1 fully saturated rings. The van der Waals surface area contributed by atoms with Gasteiger partial charge in [-0.15, -0.1) is 0 Å². The molecule has 0 radical (unpaired) electrons. The van der Waals surface area contributed by atoms with Crippen LogP contribution in [0.3, 0.4) is 0 Å². The van der Waals surface area contributed by atoms with E-state index >= 15 is 0 Å². The van der Waals surface area contributed by atoms with Gasteiger partial charge in [0.05, 0.1) is 0 Å². The number of ketones is 2. The summed E-state index contributed by atoms with van der Waals surface area (Å²) in [5.41, 5.74) is 0.273. The summed E-state index contributed by atoms with van der Waals surface area (Å²) in [7, 11) is 0. The zero-order chi connectivity index (χ0) is 15.9. The van der Waals surface area contributed by atoms with Crippen molar-refractivity contribution in [2.24, 2.45) is 23.2 Å². The van der Waals surface area contributed by atoms with Gasteiger partial charge in [0.2, 0.25) is 0 Å². The Morgan fingerprint density at radius 3 is 2.20 bits per heavy atom. The molecule has 2 heteroatoms. The molecule has 0 saturated heterocycles. The third-order valence-corrected chi connectivity index (χ3v) is 3.66. The van der Waals surface area contributed by atoms with Gasteiger partial charge < -0.3 is 4.79 Å². The van der Waals surface area contributed by atoms with Crippen LogP contribution in [0.5, 0.6) is 0 Å². The first kappa shape index (κ1) is 19.3. The molecule has 1 aliphatic carbocycles. The van der Waals surface area contributed by atoms with E-state index in [4.69, 9.17) is 0 Å². The van der Waals surface area contributed by atoms with E-state index in [2.05, 4.69) is 41.5 Å². The SMILES string of the molecule is CC(=O)CC(C)CC(C)C.CC1CC(=O)CC(C)(C)C1. The molecule has 2 nitrogen and oxygen atoms in total. The minimum Gasteiger partial charge on any atom is -0.300 e. The molecule has 0 aromatic heterocycles. The van der Waals surface area contributed by atoms with Crippen molar-refractivity contribution in [3.8, 4) is 0 Å². The Morgan fingerprint density at radius 1 is 1.30 bits per heavy atom. The average Bonchev–Trinajstić information content (AvgIpc) is 2.09. The molecule has 0 bridgehead atoms. The standard InChI is InChI=1S/C9H16O.C9H18O/c1-7-4-8(10)6-9(2,3)5-7;1-7(2)5-8(3)6-9(4)10/h7H,4-6H2,1-3H3;7-8H,5-6H2,1-4H3. The van der Waals surface area contributed by atoms with Gasteiger partial charge in [0.1, 0.15) is 11.6 Å². The van der Waals surface area contributed by atoms with Crippen LogP contribution < -0.4 is 0 Å². The second kappa shape index (κ2) is 8.59. The average molecular weight is 282 g/mol. The molecule has 0 spiro atoms. The summed E-state index contributed by atoms with van der Waals surface area (Å²) in [6, 6.07) is 0. The van der Waals surface area contributed by atoms with Crippen LogP contribution in [0.15, 0.2) is 0 Å². The van der Waals surface area contributed by atoms with Gasteiger partial charge in [0.25, 0.3) is 0 Å². The van der Waals surface area contributed by atoms with Crippen molar-refractivity contribution >= 4 is 11.6 Å². The molecule has 20 heavy (non-hydrogen) atoms. The molecule has 1 aliphatic rings. The van der Waals surface area contributed by atoms with Crippen molar-refractivity contribution in [2.75, 3.05) is 0 Å². The summed E-state index contributed by atoms with van der Waals surface area (Å²) >= 11 is 0. The van der Waals surface area contributed by atoms with Crippen molar-refractivity contribution in [2.45, 2.75) is 80.6 Å². The molecule has 0 amide bonds. The van der Waals surface area contributed by atoms with E-state index in [1.54, 1.807) is 6.92 Å². The summed E-state index contributed by atoms with van der Waals surface area (Å²) in [6.07, 6.45) is 4.72. The lowest BCUT2D eigenvalue weighted by Gasteiger charge is -2.32. The first-order valence-electron chi connectivity index (χ1n) is 8.03. The van der Waals surface area contributed by atoms with Crippen molar-refractivity contribution in [3.63, 3.8) is 0 Å². The third kappa shape index (κ3) is 10.2. The van der Waals surface area contributed by atoms with Gasteiger partial charge in [-0.3, -0.25) is 4.79 Å². The summed E-state index contributed by atoms with van der Waals surface area (Å²) in [5, 5.41) is 0. The van der Waals surface area contributed by atoms with Crippen LogP contribution in [0, 0.1) is 23.2 Å². The number of carbonyl (C=O) groups is 2. The second-order valence-corrected chi connectivity index (χ2v) is 8.03. The monoisotopic (exact) mass is 282 g/mol. The Kier molecular flexibility index (Phi) is 8.30. The minimum absolute atomic E-state index is 0.273. The highest BCUT2D eigenvalue weighted by atomic mass is 16.1. The molecule has 0 aromatic carbocycles. The van der Waals surface area contributed by atoms with Crippen LogP contribution in [0.25, 0.3) is 0 Å². The van der Waals surface area contributed by atoms with Gasteiger partial charge >= 0.3 is 0 Å². The summed E-state index contributed by atoms with van der Waals surface area (Å²) in [5.74, 6) is 2.65. The second-order valence-electron chi connectivity index (χ2n) is 8.03. The number of rotatable bonds is 4. The van der Waals surface area contributed by atoms with E-state index in [1.807, 2.05) is 0 Å². The molecule has 2 unspecified atom stereocenters. The first-order valence-corrected chi connectivity index (χ1v) is 8.03. The number of hydrogen-bond acceptors (Lipinski definition) is 2. The zero-order valence-corrected chi connectivity index (χ0v) is 14.6. The van der Waals surface area contributed by atoms with Gasteiger partial charge in [-0.05, 0) is 42.9 Å². The normalized spacial score (nSPS) is 23.0. The number of hydrogen-bond donors (Lipinski definition) is 0. The fraction of sp³-hybridized carbons (Fsp3) is 0.889. The Bertz CT molecular complexity index is 313. The largest absolute Gasteiger partial charge is 0.300 e. The smallest absolute Gasteiger partial charge is 0.133 e. The lowest BCUT2D eigenvalue weighted by molar-refractivity contribution is -0.124. The highest BCUT2D eigenvalue weighted by Gasteiger charge is 2.30. The predicted octanol–water partition coefficient (Wildman–Crippen LogP) is 5.05. The van der Waals surface area contributed by atoms with E-state index < -0.39 is 0 Å². The Morgan fingerprint density at radius 2 is 1.85 bits per heavy atom. The Balaban J connectivity index is 0.000000361. The van der Waals surface area contributed by atoms with E-state index in [0.717, 1.165) is 19.3 Å². The molecule has 0 heterocycles. The molecule has 0 aliphatic heterocycles. The molecule has 0 N–H and O–H groups in total. The maximum Gasteiger partial charge on any atom is 0.133 e. The summed E-state index contributed by atoms with van der Waals surface area (Å²) < 4.78 is 0. The molecule has 118 valence electrons. The van der Waals surface area contributed by atoms with Crippen molar-refractivity contribution in [1.29, 1.82) is 0 Å². The van der Waals surface area contributed by atoms with Crippen molar-refractivity contribution in [3.05, 3.63) is 0 Å². The quantitative estimate of drug-likeness (QED) is 0.723.